The second kappa shape index (κ2) is 6.72. The number of carbonyl (C=O) groups excluding carboxylic acids is 1. The van der Waals surface area contributed by atoms with Gasteiger partial charge in [0.15, 0.2) is 0 Å². The normalized spacial score (nSPS) is 11.5. The summed E-state index contributed by atoms with van der Waals surface area (Å²) in [5, 5.41) is 9.16. The lowest BCUT2D eigenvalue weighted by Gasteiger charge is -2.32. The Morgan fingerprint density at radius 3 is 2.14 bits per heavy atom. The quantitative estimate of drug-likeness (QED) is 0.867. The summed E-state index contributed by atoms with van der Waals surface area (Å²) in [5.41, 5.74) is 1.16. The third-order valence-electron chi connectivity index (χ3n) is 3.82. The molecule has 5 nitrogen and oxygen atoms in total. The highest BCUT2D eigenvalue weighted by molar-refractivity contribution is 5.81. The van der Waals surface area contributed by atoms with Crippen molar-refractivity contribution < 1.29 is 14.7 Å². The van der Waals surface area contributed by atoms with Gasteiger partial charge in [-0.25, -0.2) is 0 Å². The van der Waals surface area contributed by atoms with Gasteiger partial charge in [0.05, 0.1) is 6.54 Å². The molecule has 1 aromatic carbocycles. The van der Waals surface area contributed by atoms with Gasteiger partial charge in [-0.05, 0) is 33.4 Å². The van der Waals surface area contributed by atoms with Gasteiger partial charge < -0.3 is 10.0 Å². The van der Waals surface area contributed by atoms with Gasteiger partial charge in [0.25, 0.3) is 0 Å². The first-order valence-corrected chi connectivity index (χ1v) is 6.88. The first kappa shape index (κ1) is 17.2. The summed E-state index contributed by atoms with van der Waals surface area (Å²) in [6, 6.07) is 7.99. The number of nitrogens with zero attached hydrogens (tertiary/aromatic N) is 2. The molecule has 0 atom stereocenters. The topological polar surface area (TPSA) is 60.9 Å². The van der Waals surface area contributed by atoms with Crippen LogP contribution in [-0.4, -0.2) is 53.0 Å². The number of likely N-dealkylation sites (N-methyl/N-ethyl adjacent to an activating group) is 2. The zero-order chi connectivity index (χ0) is 16.2. The molecule has 1 aromatic rings. The van der Waals surface area contributed by atoms with Gasteiger partial charge >= 0.3 is 5.97 Å². The standard InChI is InChI=1S/C16H24N2O3/c1-12-6-8-13(9-7-12)10-17(4)14(19)11-18(5)16(2,3)15(20)21/h6-9H,10-11H2,1-5H3,(H,20,21). The first-order valence-electron chi connectivity index (χ1n) is 6.88. The molecule has 0 saturated carbocycles. The van der Waals surface area contributed by atoms with Gasteiger partial charge in [-0.15, -0.1) is 0 Å². The lowest BCUT2D eigenvalue weighted by molar-refractivity contribution is -0.150. The third-order valence-corrected chi connectivity index (χ3v) is 3.82. The van der Waals surface area contributed by atoms with Crippen molar-refractivity contribution in [1.29, 1.82) is 0 Å². The largest absolute Gasteiger partial charge is 0.480 e. The number of rotatable bonds is 6. The van der Waals surface area contributed by atoms with Crippen LogP contribution >= 0.6 is 0 Å². The molecule has 1 rings (SSSR count). The predicted octanol–water partition coefficient (Wildman–Crippen LogP) is 1.75. The Kier molecular flexibility index (Phi) is 5.49. The highest BCUT2D eigenvalue weighted by atomic mass is 16.4. The molecule has 116 valence electrons. The molecule has 1 amide bonds. The second-order valence-electron chi connectivity index (χ2n) is 5.96. The van der Waals surface area contributed by atoms with E-state index in [0.717, 1.165) is 5.56 Å². The Balaban J connectivity index is 2.63. The fraction of sp³-hybridized carbons (Fsp3) is 0.500. The maximum Gasteiger partial charge on any atom is 0.323 e. The second-order valence-corrected chi connectivity index (χ2v) is 5.96. The maximum absolute atomic E-state index is 12.2. The van der Waals surface area contributed by atoms with Crippen LogP contribution in [0.4, 0.5) is 0 Å². The molecule has 0 aliphatic carbocycles. The number of aryl methyl sites for hydroxylation is 1. The molecule has 21 heavy (non-hydrogen) atoms. The van der Waals surface area contributed by atoms with E-state index in [1.165, 1.54) is 5.56 Å². The highest BCUT2D eigenvalue weighted by Gasteiger charge is 2.33. The highest BCUT2D eigenvalue weighted by Crippen LogP contribution is 2.13. The number of hydrogen-bond acceptors (Lipinski definition) is 3. The number of carboxylic acid groups (broad SMARTS) is 1. The van der Waals surface area contributed by atoms with E-state index in [1.807, 2.05) is 31.2 Å². The zero-order valence-electron chi connectivity index (χ0n) is 13.4. The predicted molar refractivity (Wildman–Crippen MR) is 82.0 cm³/mol. The van der Waals surface area contributed by atoms with Crippen LogP contribution in [0.3, 0.4) is 0 Å². The molecule has 0 radical (unpaired) electrons. The number of carbonyl (C=O) groups is 2. The monoisotopic (exact) mass is 292 g/mol. The number of benzene rings is 1. The van der Waals surface area contributed by atoms with Crippen LogP contribution in [-0.2, 0) is 16.1 Å². The lowest BCUT2D eigenvalue weighted by Crippen LogP contribution is -2.51. The molecule has 1 N–H and O–H groups in total. The van der Waals surface area contributed by atoms with Gasteiger partial charge in [-0.1, -0.05) is 29.8 Å². The minimum Gasteiger partial charge on any atom is -0.480 e. The van der Waals surface area contributed by atoms with Gasteiger partial charge in [0.2, 0.25) is 5.91 Å². The van der Waals surface area contributed by atoms with E-state index < -0.39 is 11.5 Å². The summed E-state index contributed by atoms with van der Waals surface area (Å²) in [5.74, 6) is -1.05. The molecule has 0 aromatic heterocycles. The van der Waals surface area contributed by atoms with Crippen molar-refractivity contribution in [1.82, 2.24) is 9.80 Å². The number of amides is 1. The molecular weight excluding hydrogens is 268 g/mol. The van der Waals surface area contributed by atoms with Gasteiger partial charge in [-0.3, -0.25) is 14.5 Å². The molecule has 5 heteroatoms. The molecule has 0 bridgehead atoms. The van der Waals surface area contributed by atoms with Crippen LogP contribution < -0.4 is 0 Å². The molecule has 0 aliphatic rings. The minimum atomic E-state index is -1.07. The summed E-state index contributed by atoms with van der Waals surface area (Å²) in [6.45, 7) is 5.77. The van der Waals surface area contributed by atoms with Crippen molar-refractivity contribution in [2.75, 3.05) is 20.6 Å². The van der Waals surface area contributed by atoms with E-state index in [2.05, 4.69) is 0 Å². The summed E-state index contributed by atoms with van der Waals surface area (Å²) < 4.78 is 0. The van der Waals surface area contributed by atoms with Gasteiger partial charge in [0, 0.05) is 13.6 Å². The van der Waals surface area contributed by atoms with Gasteiger partial charge in [0.1, 0.15) is 5.54 Å². The Labute approximate surface area is 126 Å². The molecule has 0 spiro atoms. The Bertz CT molecular complexity index is 509. The van der Waals surface area contributed by atoms with Crippen molar-refractivity contribution >= 4 is 11.9 Å². The molecule has 0 fully saturated rings. The fourth-order valence-electron chi connectivity index (χ4n) is 1.74. The first-order chi connectivity index (χ1) is 9.64. The maximum atomic E-state index is 12.2. The average molecular weight is 292 g/mol. The molecule has 0 heterocycles. The summed E-state index contributed by atoms with van der Waals surface area (Å²) in [6.07, 6.45) is 0. The number of hydrogen-bond donors (Lipinski definition) is 1. The van der Waals surface area contributed by atoms with E-state index in [-0.39, 0.29) is 12.5 Å². The number of carboxylic acids is 1. The van der Waals surface area contributed by atoms with E-state index in [9.17, 15) is 9.59 Å². The van der Waals surface area contributed by atoms with Crippen molar-refractivity contribution in [2.24, 2.45) is 0 Å². The van der Waals surface area contributed by atoms with E-state index in [4.69, 9.17) is 5.11 Å². The van der Waals surface area contributed by atoms with Crippen LogP contribution in [0.1, 0.15) is 25.0 Å². The summed E-state index contributed by atoms with van der Waals surface area (Å²) in [7, 11) is 3.37. The van der Waals surface area contributed by atoms with E-state index >= 15 is 0 Å². The van der Waals surface area contributed by atoms with E-state index in [1.54, 1.807) is 37.7 Å². The van der Waals surface area contributed by atoms with Crippen molar-refractivity contribution in [2.45, 2.75) is 32.9 Å². The van der Waals surface area contributed by atoms with E-state index in [0.29, 0.717) is 6.54 Å². The van der Waals surface area contributed by atoms with Crippen LogP contribution in [0.2, 0.25) is 0 Å². The smallest absolute Gasteiger partial charge is 0.323 e. The van der Waals surface area contributed by atoms with Crippen molar-refractivity contribution in [3.05, 3.63) is 35.4 Å². The average Bonchev–Trinajstić information content (AvgIpc) is 2.40. The Morgan fingerprint density at radius 1 is 1.14 bits per heavy atom. The molecule has 0 saturated heterocycles. The van der Waals surface area contributed by atoms with Crippen LogP contribution in [0, 0.1) is 6.92 Å². The van der Waals surface area contributed by atoms with Crippen molar-refractivity contribution in [3.8, 4) is 0 Å². The summed E-state index contributed by atoms with van der Waals surface area (Å²) >= 11 is 0. The SMILES string of the molecule is Cc1ccc(CN(C)C(=O)CN(C)C(C)(C)C(=O)O)cc1. The zero-order valence-corrected chi connectivity index (χ0v) is 13.4. The van der Waals surface area contributed by atoms with Crippen LogP contribution in [0.5, 0.6) is 0 Å². The third kappa shape index (κ3) is 4.56. The molecule has 0 unspecified atom stereocenters. The minimum absolute atomic E-state index is 0.0711. The fourth-order valence-corrected chi connectivity index (χ4v) is 1.74. The lowest BCUT2D eigenvalue weighted by atomic mass is 10.0. The molecule has 0 aliphatic heterocycles. The van der Waals surface area contributed by atoms with Crippen molar-refractivity contribution in [3.63, 3.8) is 0 Å². The number of aliphatic carboxylic acids is 1. The Hall–Kier alpha value is -1.88. The van der Waals surface area contributed by atoms with Gasteiger partial charge in [-0.2, -0.15) is 0 Å². The Morgan fingerprint density at radius 2 is 1.67 bits per heavy atom. The van der Waals surface area contributed by atoms with Crippen LogP contribution in [0.15, 0.2) is 24.3 Å². The molecular formula is C16H24N2O3. The van der Waals surface area contributed by atoms with Crippen LogP contribution in [0.25, 0.3) is 0 Å². The summed E-state index contributed by atoms with van der Waals surface area (Å²) in [4.78, 5) is 26.5.